The maximum Gasteiger partial charge on any atom is 0.199 e. The van der Waals surface area contributed by atoms with Crippen molar-refractivity contribution in [2.75, 3.05) is 11.9 Å². The highest BCUT2D eigenvalue weighted by atomic mass is 32.1. The Labute approximate surface area is 192 Å². The summed E-state index contributed by atoms with van der Waals surface area (Å²) in [7, 11) is 1.98. The molecule has 0 amide bonds. The number of hydrogen-bond acceptors (Lipinski definition) is 6. The van der Waals surface area contributed by atoms with Crippen LogP contribution in [0.2, 0.25) is 0 Å². The molecule has 4 aromatic rings. The van der Waals surface area contributed by atoms with E-state index in [1.807, 2.05) is 22.5 Å². The van der Waals surface area contributed by atoms with E-state index < -0.39 is 0 Å². The molecule has 32 heavy (non-hydrogen) atoms. The monoisotopic (exact) mass is 449 g/mol. The Morgan fingerprint density at radius 1 is 1.19 bits per heavy atom. The van der Waals surface area contributed by atoms with Crippen LogP contribution < -0.4 is 5.32 Å². The Morgan fingerprint density at radius 3 is 2.62 bits per heavy atom. The number of anilines is 1. The van der Waals surface area contributed by atoms with Gasteiger partial charge in [0, 0.05) is 38.2 Å². The largest absolute Gasteiger partial charge is 0.369 e. The first kappa shape index (κ1) is 21.1. The maximum absolute atomic E-state index is 4.96. The third-order valence-corrected chi connectivity index (χ3v) is 8.02. The number of aromatic nitrogens is 6. The number of fused-ring (bicyclic) bond motifs is 1. The fraction of sp³-hybridized carbons (Fsp3) is 0.500. The first-order valence-electron chi connectivity index (χ1n) is 11.5. The van der Waals surface area contributed by atoms with Crippen LogP contribution in [0.4, 0.5) is 5.82 Å². The molecule has 1 fully saturated rings. The molecule has 1 saturated carbocycles. The van der Waals surface area contributed by atoms with Crippen LogP contribution in [0.25, 0.3) is 32.4 Å². The summed E-state index contributed by atoms with van der Waals surface area (Å²) in [5.74, 6) is 3.91. The SMILES string of the molecule is CCC1CCC1CNc1nc(-c2nccn2C)nc2sc(-c3ccn(C(C)C)n3)c(C)c12. The molecular weight excluding hydrogens is 418 g/mol. The van der Waals surface area contributed by atoms with Gasteiger partial charge in [0.2, 0.25) is 0 Å². The molecule has 0 radical (unpaired) electrons. The van der Waals surface area contributed by atoms with Gasteiger partial charge in [-0.3, -0.25) is 4.68 Å². The summed E-state index contributed by atoms with van der Waals surface area (Å²) in [6.45, 7) is 9.70. The third-order valence-electron chi connectivity index (χ3n) is 6.81. The van der Waals surface area contributed by atoms with Crippen molar-refractivity contribution < 1.29 is 0 Å². The molecule has 2 atom stereocenters. The van der Waals surface area contributed by atoms with E-state index in [2.05, 4.69) is 50.3 Å². The molecule has 1 aliphatic carbocycles. The fourth-order valence-electron chi connectivity index (χ4n) is 4.61. The lowest BCUT2D eigenvalue weighted by molar-refractivity contribution is 0.183. The summed E-state index contributed by atoms with van der Waals surface area (Å²) in [5.41, 5.74) is 2.18. The molecule has 1 aliphatic rings. The highest BCUT2D eigenvalue weighted by molar-refractivity contribution is 7.22. The predicted molar refractivity (Wildman–Crippen MR) is 131 cm³/mol. The van der Waals surface area contributed by atoms with E-state index in [-0.39, 0.29) is 0 Å². The van der Waals surface area contributed by atoms with E-state index in [0.717, 1.165) is 50.8 Å². The average Bonchev–Trinajstić information content (AvgIpc) is 3.46. The number of hydrogen-bond donors (Lipinski definition) is 1. The Morgan fingerprint density at radius 2 is 2.00 bits per heavy atom. The van der Waals surface area contributed by atoms with Crippen LogP contribution in [0.15, 0.2) is 24.7 Å². The number of thiophene rings is 1. The lowest BCUT2D eigenvalue weighted by Crippen LogP contribution is -2.31. The van der Waals surface area contributed by atoms with E-state index in [1.54, 1.807) is 17.5 Å². The molecule has 2 unspecified atom stereocenters. The Hall–Kier alpha value is -2.74. The number of aryl methyl sites for hydroxylation is 2. The quantitative estimate of drug-likeness (QED) is 0.392. The van der Waals surface area contributed by atoms with Crippen LogP contribution >= 0.6 is 11.3 Å². The number of nitrogens with zero attached hydrogens (tertiary/aromatic N) is 6. The summed E-state index contributed by atoms with van der Waals surface area (Å²) in [6.07, 6.45) is 9.67. The summed E-state index contributed by atoms with van der Waals surface area (Å²) >= 11 is 1.69. The van der Waals surface area contributed by atoms with Crippen molar-refractivity contribution >= 4 is 27.4 Å². The van der Waals surface area contributed by atoms with Crippen molar-refractivity contribution in [3.05, 3.63) is 30.2 Å². The second-order valence-corrected chi connectivity index (χ2v) is 10.2. The Kier molecular flexibility index (Phi) is 5.49. The highest BCUT2D eigenvalue weighted by Gasteiger charge is 2.29. The van der Waals surface area contributed by atoms with E-state index in [1.165, 1.54) is 24.8 Å². The van der Waals surface area contributed by atoms with Gasteiger partial charge in [-0.2, -0.15) is 5.10 Å². The zero-order valence-corrected chi connectivity index (χ0v) is 20.3. The lowest BCUT2D eigenvalue weighted by Gasteiger charge is -2.36. The molecule has 168 valence electrons. The third kappa shape index (κ3) is 3.60. The number of imidazole rings is 1. The van der Waals surface area contributed by atoms with E-state index >= 15 is 0 Å². The van der Waals surface area contributed by atoms with Crippen molar-refractivity contribution in [2.24, 2.45) is 18.9 Å². The zero-order chi connectivity index (χ0) is 22.4. The molecule has 7 nitrogen and oxygen atoms in total. The highest BCUT2D eigenvalue weighted by Crippen LogP contribution is 2.41. The average molecular weight is 450 g/mol. The van der Waals surface area contributed by atoms with Crippen LogP contribution in [-0.4, -0.2) is 35.8 Å². The van der Waals surface area contributed by atoms with E-state index in [4.69, 9.17) is 15.1 Å². The van der Waals surface area contributed by atoms with Crippen molar-refractivity contribution in [3.8, 4) is 22.2 Å². The van der Waals surface area contributed by atoms with Gasteiger partial charge in [0.15, 0.2) is 11.6 Å². The fourth-order valence-corrected chi connectivity index (χ4v) is 5.76. The van der Waals surface area contributed by atoms with Gasteiger partial charge in [-0.15, -0.1) is 11.3 Å². The minimum Gasteiger partial charge on any atom is -0.369 e. The van der Waals surface area contributed by atoms with Gasteiger partial charge in [-0.05, 0) is 57.1 Å². The molecule has 1 N–H and O–H groups in total. The van der Waals surface area contributed by atoms with Crippen LogP contribution in [0.1, 0.15) is 51.6 Å². The van der Waals surface area contributed by atoms with Gasteiger partial charge in [0.05, 0.1) is 10.3 Å². The minimum atomic E-state index is 0.333. The topological polar surface area (TPSA) is 73.5 Å². The molecule has 4 aromatic heterocycles. The van der Waals surface area contributed by atoms with Crippen LogP contribution in [0.3, 0.4) is 0 Å². The molecular formula is C24H31N7S. The number of nitrogens with one attached hydrogen (secondary N) is 1. The molecule has 4 heterocycles. The summed E-state index contributed by atoms with van der Waals surface area (Å²) in [4.78, 5) is 16.5. The Balaban J connectivity index is 1.59. The van der Waals surface area contributed by atoms with Crippen LogP contribution in [0, 0.1) is 18.8 Å². The summed E-state index contributed by atoms with van der Waals surface area (Å²) in [6, 6.07) is 2.43. The second kappa shape index (κ2) is 8.31. The molecule has 0 aromatic carbocycles. The van der Waals surface area contributed by atoms with Crippen molar-refractivity contribution in [1.29, 1.82) is 0 Å². The van der Waals surface area contributed by atoms with Gasteiger partial charge in [-0.1, -0.05) is 13.3 Å². The van der Waals surface area contributed by atoms with Crippen molar-refractivity contribution in [1.82, 2.24) is 29.3 Å². The predicted octanol–water partition coefficient (Wildman–Crippen LogP) is 5.69. The minimum absolute atomic E-state index is 0.333. The normalized spacial score (nSPS) is 18.4. The molecule has 8 heteroatoms. The van der Waals surface area contributed by atoms with Crippen LogP contribution in [-0.2, 0) is 7.05 Å². The molecule has 0 spiro atoms. The maximum atomic E-state index is 4.96. The van der Waals surface area contributed by atoms with Crippen molar-refractivity contribution in [3.63, 3.8) is 0 Å². The van der Waals surface area contributed by atoms with Crippen LogP contribution in [0.5, 0.6) is 0 Å². The smallest absolute Gasteiger partial charge is 0.199 e. The number of rotatable bonds is 7. The van der Waals surface area contributed by atoms with Gasteiger partial charge in [0.1, 0.15) is 16.3 Å². The molecule has 0 saturated heterocycles. The van der Waals surface area contributed by atoms with Gasteiger partial charge < -0.3 is 9.88 Å². The lowest BCUT2D eigenvalue weighted by atomic mass is 9.72. The Bertz CT molecular complexity index is 1250. The standard InChI is InChI=1S/C24H31N7S/c1-6-16-7-8-17(16)13-26-21-19-15(4)20(18-9-11-31(29-18)14(2)3)32-24(19)28-22(27-21)23-25-10-12-30(23)5/h9-12,14,16-17H,6-8,13H2,1-5H3,(H,26,27,28). The van der Waals surface area contributed by atoms with Gasteiger partial charge >= 0.3 is 0 Å². The summed E-state index contributed by atoms with van der Waals surface area (Å²) < 4.78 is 3.97. The molecule has 0 bridgehead atoms. The van der Waals surface area contributed by atoms with Gasteiger partial charge in [0.25, 0.3) is 0 Å². The summed E-state index contributed by atoms with van der Waals surface area (Å²) in [5, 5.41) is 9.62. The van der Waals surface area contributed by atoms with Gasteiger partial charge in [-0.25, -0.2) is 15.0 Å². The van der Waals surface area contributed by atoms with E-state index in [9.17, 15) is 0 Å². The zero-order valence-electron chi connectivity index (χ0n) is 19.5. The second-order valence-electron chi connectivity index (χ2n) is 9.16. The van der Waals surface area contributed by atoms with Crippen molar-refractivity contribution in [2.45, 2.75) is 53.0 Å². The first-order valence-corrected chi connectivity index (χ1v) is 12.4. The molecule has 5 rings (SSSR count). The van der Waals surface area contributed by atoms with E-state index in [0.29, 0.717) is 11.9 Å². The first-order chi connectivity index (χ1) is 15.5. The molecule has 0 aliphatic heterocycles.